The number of aliphatic hydroxyl groups is 2. The van der Waals surface area contributed by atoms with Crippen molar-refractivity contribution in [1.29, 1.82) is 0 Å². The smallest absolute Gasteiger partial charge is 0.428 e. The Morgan fingerprint density at radius 2 is 1.13 bits per heavy atom. The molecule has 6 atom stereocenters. The molecule has 0 heterocycles. The molecular formula is C24H37F9O6. The van der Waals surface area contributed by atoms with Crippen molar-refractivity contribution >= 4 is 5.97 Å². The second-order valence-corrected chi connectivity index (χ2v) is 10.2. The van der Waals surface area contributed by atoms with E-state index >= 15 is 0 Å². The summed E-state index contributed by atoms with van der Waals surface area (Å²) in [6.45, 7) is 10.4. The van der Waals surface area contributed by atoms with E-state index in [9.17, 15) is 54.5 Å². The van der Waals surface area contributed by atoms with Crippen molar-refractivity contribution in [3.8, 4) is 0 Å². The molecule has 6 unspecified atom stereocenters. The first-order valence-electron chi connectivity index (χ1n) is 11.9. The van der Waals surface area contributed by atoms with Gasteiger partial charge in [0, 0.05) is 5.57 Å². The molecule has 0 saturated carbocycles. The SMILES string of the molecule is C=C(C)C(=O)OCC(C(C)(CC)OC(C)C(C)(O)C(F)(F)F)C(C)(CC)OC(C)C(O)(C(F)(F)F)C(F)(F)F. The lowest BCUT2D eigenvalue weighted by Crippen LogP contribution is -2.66. The number of ether oxygens (including phenoxy) is 3. The van der Waals surface area contributed by atoms with Gasteiger partial charge >= 0.3 is 24.5 Å². The number of esters is 1. The molecule has 15 heteroatoms. The molecule has 0 aromatic carbocycles. The summed E-state index contributed by atoms with van der Waals surface area (Å²) in [7, 11) is 0. The molecule has 232 valence electrons. The molecule has 0 aliphatic carbocycles. The normalized spacial score (nSPS) is 20.7. The van der Waals surface area contributed by atoms with Crippen LogP contribution in [0.1, 0.15) is 68.2 Å². The van der Waals surface area contributed by atoms with Crippen LogP contribution >= 0.6 is 0 Å². The molecule has 0 saturated heterocycles. The van der Waals surface area contributed by atoms with E-state index in [-0.39, 0.29) is 18.4 Å². The lowest BCUT2D eigenvalue weighted by Gasteiger charge is -2.51. The number of carbonyl (C=O) groups excluding carboxylic acids is 1. The van der Waals surface area contributed by atoms with E-state index in [1.165, 1.54) is 27.7 Å². The molecule has 0 rings (SSSR count). The van der Waals surface area contributed by atoms with Gasteiger partial charge < -0.3 is 24.4 Å². The quantitative estimate of drug-likeness (QED) is 0.154. The minimum Gasteiger partial charge on any atom is -0.462 e. The first-order chi connectivity index (χ1) is 17.1. The topological polar surface area (TPSA) is 85.2 Å². The fraction of sp³-hybridized carbons (Fsp3) is 0.875. The number of carbonyl (C=O) groups is 1. The van der Waals surface area contributed by atoms with Crippen LogP contribution in [0, 0.1) is 5.92 Å². The fourth-order valence-electron chi connectivity index (χ4n) is 3.96. The van der Waals surface area contributed by atoms with Gasteiger partial charge in [-0.15, -0.1) is 0 Å². The third kappa shape index (κ3) is 7.79. The maximum atomic E-state index is 13.5. The van der Waals surface area contributed by atoms with E-state index in [1.807, 2.05) is 0 Å². The minimum atomic E-state index is -6.23. The third-order valence-corrected chi connectivity index (χ3v) is 7.32. The Bertz CT molecular complexity index is 838. The molecule has 0 spiro atoms. The van der Waals surface area contributed by atoms with Crippen LogP contribution in [-0.2, 0) is 19.0 Å². The summed E-state index contributed by atoms with van der Waals surface area (Å²) in [5.74, 6) is -2.54. The predicted octanol–water partition coefficient (Wildman–Crippen LogP) is 6.04. The highest BCUT2D eigenvalue weighted by Gasteiger charge is 2.74. The Kier molecular flexibility index (Phi) is 11.6. The average Bonchev–Trinajstić information content (AvgIpc) is 2.75. The molecule has 0 fully saturated rings. The van der Waals surface area contributed by atoms with Crippen molar-refractivity contribution in [3.63, 3.8) is 0 Å². The minimum absolute atomic E-state index is 0.128. The van der Waals surface area contributed by atoms with E-state index in [1.54, 1.807) is 0 Å². The summed E-state index contributed by atoms with van der Waals surface area (Å²) in [6.07, 6.45) is -23.2. The Morgan fingerprint density at radius 3 is 1.41 bits per heavy atom. The number of hydrogen-bond acceptors (Lipinski definition) is 6. The molecule has 0 aliphatic heterocycles. The maximum Gasteiger partial charge on any atom is 0.428 e. The molecule has 6 nitrogen and oxygen atoms in total. The van der Waals surface area contributed by atoms with Crippen LogP contribution in [0.25, 0.3) is 0 Å². The summed E-state index contributed by atoms with van der Waals surface area (Å²) in [4.78, 5) is 12.1. The molecule has 0 bridgehead atoms. The second-order valence-electron chi connectivity index (χ2n) is 10.2. The van der Waals surface area contributed by atoms with E-state index in [4.69, 9.17) is 14.2 Å². The number of alkyl halides is 9. The molecular weight excluding hydrogens is 555 g/mol. The van der Waals surface area contributed by atoms with Gasteiger partial charge in [0.15, 0.2) is 5.60 Å². The van der Waals surface area contributed by atoms with Gasteiger partial charge in [0.25, 0.3) is 5.60 Å². The zero-order valence-electron chi connectivity index (χ0n) is 23.0. The molecule has 2 N–H and O–H groups in total. The Labute approximate surface area is 221 Å². The van der Waals surface area contributed by atoms with Crippen LogP contribution in [0.4, 0.5) is 39.5 Å². The molecule has 0 aromatic heterocycles. The van der Waals surface area contributed by atoms with Gasteiger partial charge in [-0.1, -0.05) is 20.4 Å². The maximum absolute atomic E-state index is 13.5. The van der Waals surface area contributed by atoms with Crippen molar-refractivity contribution in [1.82, 2.24) is 0 Å². The third-order valence-electron chi connectivity index (χ3n) is 7.32. The standard InChI is InChI=1S/C24H37F9O6/c1-10-18(7,38-14(5)20(9,35)22(25,26)27)16(12-37-17(34)13(3)4)19(8,11-2)39-15(6)21(36,23(28,29)30)24(31,32)33/h14-16,35-36H,3,10-12H2,1-2,4-9H3. The van der Waals surface area contributed by atoms with E-state index in [2.05, 4.69) is 6.58 Å². The van der Waals surface area contributed by atoms with Gasteiger partial charge in [-0.05, 0) is 54.4 Å². The van der Waals surface area contributed by atoms with Gasteiger partial charge in [-0.25, -0.2) is 4.79 Å². The molecule has 39 heavy (non-hydrogen) atoms. The molecule has 0 aliphatic rings. The van der Waals surface area contributed by atoms with E-state index in [0.29, 0.717) is 13.8 Å². The predicted molar refractivity (Wildman–Crippen MR) is 121 cm³/mol. The van der Waals surface area contributed by atoms with Crippen molar-refractivity contribution in [2.45, 2.75) is 121 Å². The monoisotopic (exact) mass is 592 g/mol. The number of hydrogen-bond donors (Lipinski definition) is 2. The van der Waals surface area contributed by atoms with Gasteiger partial charge in [0.1, 0.15) is 6.10 Å². The Morgan fingerprint density at radius 1 is 0.769 bits per heavy atom. The van der Waals surface area contributed by atoms with Gasteiger partial charge in [-0.2, -0.15) is 39.5 Å². The van der Waals surface area contributed by atoms with Crippen LogP contribution in [0.5, 0.6) is 0 Å². The summed E-state index contributed by atoms with van der Waals surface area (Å²) >= 11 is 0. The average molecular weight is 593 g/mol. The van der Waals surface area contributed by atoms with Crippen LogP contribution in [0.2, 0.25) is 0 Å². The highest BCUT2D eigenvalue weighted by molar-refractivity contribution is 5.86. The summed E-state index contributed by atoms with van der Waals surface area (Å²) in [5.41, 5.74) is -12.9. The first-order valence-corrected chi connectivity index (χ1v) is 11.9. The van der Waals surface area contributed by atoms with E-state index < -0.39 is 71.6 Å². The van der Waals surface area contributed by atoms with Crippen LogP contribution in [0.3, 0.4) is 0 Å². The van der Waals surface area contributed by atoms with Crippen LogP contribution in [-0.4, -0.2) is 75.9 Å². The van der Waals surface area contributed by atoms with Crippen molar-refractivity contribution in [2.24, 2.45) is 5.92 Å². The molecule has 0 radical (unpaired) electrons. The zero-order valence-corrected chi connectivity index (χ0v) is 23.0. The highest BCUT2D eigenvalue weighted by Crippen LogP contribution is 2.49. The van der Waals surface area contributed by atoms with Gasteiger partial charge in [0.2, 0.25) is 0 Å². The van der Waals surface area contributed by atoms with Gasteiger partial charge in [0.05, 0.1) is 29.8 Å². The molecule has 0 aromatic rings. The summed E-state index contributed by atoms with van der Waals surface area (Å²) in [6, 6.07) is 0. The lowest BCUT2D eigenvalue weighted by molar-refractivity contribution is -0.402. The highest BCUT2D eigenvalue weighted by atomic mass is 19.4. The van der Waals surface area contributed by atoms with Crippen molar-refractivity contribution in [2.75, 3.05) is 6.61 Å². The Hall–Kier alpha value is -1.58. The largest absolute Gasteiger partial charge is 0.462 e. The van der Waals surface area contributed by atoms with Crippen LogP contribution < -0.4 is 0 Å². The van der Waals surface area contributed by atoms with Crippen molar-refractivity contribution < 1.29 is 68.7 Å². The number of rotatable bonds is 13. The second kappa shape index (κ2) is 12.1. The van der Waals surface area contributed by atoms with Crippen molar-refractivity contribution in [3.05, 3.63) is 12.2 Å². The fourth-order valence-corrected chi connectivity index (χ4v) is 3.96. The van der Waals surface area contributed by atoms with E-state index in [0.717, 1.165) is 13.8 Å². The summed E-state index contributed by atoms with van der Waals surface area (Å²) < 4.78 is 137. The van der Waals surface area contributed by atoms with Gasteiger partial charge in [-0.3, -0.25) is 0 Å². The summed E-state index contributed by atoms with van der Waals surface area (Å²) in [5, 5.41) is 19.9. The molecule has 0 amide bonds. The first kappa shape index (κ1) is 37.4. The van der Waals surface area contributed by atoms with Crippen LogP contribution in [0.15, 0.2) is 12.2 Å². The Balaban J connectivity index is 6.89. The lowest BCUT2D eigenvalue weighted by atomic mass is 9.73. The number of halogens is 9. The zero-order chi connectivity index (χ0) is 31.6.